The summed E-state index contributed by atoms with van der Waals surface area (Å²) in [6.45, 7) is 0.441. The van der Waals surface area contributed by atoms with E-state index in [4.69, 9.17) is 9.15 Å². The molecule has 0 atom stereocenters. The summed E-state index contributed by atoms with van der Waals surface area (Å²) in [5.41, 5.74) is 3.16. The van der Waals surface area contributed by atoms with Gasteiger partial charge in [0.2, 0.25) is 0 Å². The lowest BCUT2D eigenvalue weighted by Gasteiger charge is -2.09. The van der Waals surface area contributed by atoms with Gasteiger partial charge in [0.05, 0.1) is 0 Å². The molecule has 1 aliphatic carbocycles. The third-order valence-corrected chi connectivity index (χ3v) is 4.51. The Hall–Kier alpha value is -2.82. The van der Waals surface area contributed by atoms with Crippen LogP contribution in [0.25, 0.3) is 11.0 Å². The Balaban J connectivity index is 1.38. The summed E-state index contributed by atoms with van der Waals surface area (Å²) in [5, 5.41) is 3.94. The van der Waals surface area contributed by atoms with Gasteiger partial charge in [-0.15, -0.1) is 0 Å². The summed E-state index contributed by atoms with van der Waals surface area (Å²) >= 11 is 0. The Morgan fingerprint density at radius 2 is 2.16 bits per heavy atom. The molecule has 5 nitrogen and oxygen atoms in total. The molecular formula is C20H20N2O3. The van der Waals surface area contributed by atoms with E-state index in [1.165, 1.54) is 18.4 Å². The second kappa shape index (κ2) is 6.97. The molecule has 2 aromatic heterocycles. The van der Waals surface area contributed by atoms with Crippen molar-refractivity contribution in [1.29, 1.82) is 0 Å². The maximum absolute atomic E-state index is 12.0. The molecule has 1 aliphatic rings. The topological polar surface area (TPSA) is 64.4 Å². The number of carbonyl (C=O) groups is 1. The van der Waals surface area contributed by atoms with Crippen molar-refractivity contribution in [2.75, 3.05) is 6.61 Å². The van der Waals surface area contributed by atoms with Gasteiger partial charge in [-0.1, -0.05) is 6.07 Å². The summed E-state index contributed by atoms with van der Waals surface area (Å²) in [5.74, 6) is 1.64. The first-order chi connectivity index (χ1) is 12.3. The Morgan fingerprint density at radius 1 is 1.24 bits per heavy atom. The molecule has 2 heterocycles. The fourth-order valence-electron chi connectivity index (χ4n) is 3.23. The number of rotatable bonds is 5. The van der Waals surface area contributed by atoms with Crippen LogP contribution in [0.4, 0.5) is 0 Å². The van der Waals surface area contributed by atoms with Crippen LogP contribution in [0, 0.1) is 0 Å². The van der Waals surface area contributed by atoms with E-state index >= 15 is 0 Å². The molecule has 0 spiro atoms. The van der Waals surface area contributed by atoms with E-state index in [2.05, 4.69) is 10.3 Å². The summed E-state index contributed by atoms with van der Waals surface area (Å²) < 4.78 is 11.6. The van der Waals surface area contributed by atoms with Crippen molar-refractivity contribution in [2.24, 2.45) is 0 Å². The lowest BCUT2D eigenvalue weighted by Crippen LogP contribution is -2.28. The molecule has 0 bridgehead atoms. The minimum absolute atomic E-state index is 0.00812. The number of amides is 1. The zero-order valence-corrected chi connectivity index (χ0v) is 14.0. The van der Waals surface area contributed by atoms with Gasteiger partial charge in [0.1, 0.15) is 17.1 Å². The standard InChI is InChI=1S/C20H20N2O3/c23-20(22-12-14-4-3-9-21-11-14)13-24-15-7-8-19-17(10-15)16-5-1-2-6-18(16)25-19/h3-4,7-11H,1-2,5-6,12-13H2,(H,22,23). The second-order valence-corrected chi connectivity index (χ2v) is 6.30. The first kappa shape index (κ1) is 15.7. The number of carbonyl (C=O) groups excluding carboxylic acids is 1. The van der Waals surface area contributed by atoms with Gasteiger partial charge in [-0.3, -0.25) is 9.78 Å². The summed E-state index contributed by atoms with van der Waals surface area (Å²) in [6.07, 6.45) is 7.89. The average Bonchev–Trinajstić information content (AvgIpc) is 3.03. The number of fused-ring (bicyclic) bond motifs is 3. The highest BCUT2D eigenvalue weighted by Gasteiger charge is 2.18. The van der Waals surface area contributed by atoms with Crippen LogP contribution in [0.15, 0.2) is 47.1 Å². The quantitative estimate of drug-likeness (QED) is 0.775. The number of aromatic nitrogens is 1. The predicted molar refractivity (Wildman–Crippen MR) is 94.4 cm³/mol. The zero-order chi connectivity index (χ0) is 17.1. The molecule has 3 aromatic rings. The maximum Gasteiger partial charge on any atom is 0.258 e. The Morgan fingerprint density at radius 3 is 3.04 bits per heavy atom. The van der Waals surface area contributed by atoms with E-state index in [9.17, 15) is 4.79 Å². The molecule has 0 radical (unpaired) electrons. The van der Waals surface area contributed by atoms with E-state index in [0.717, 1.165) is 35.1 Å². The SMILES string of the molecule is O=C(COc1ccc2oc3c(c2c1)CCCC3)NCc1cccnc1. The lowest BCUT2D eigenvalue weighted by molar-refractivity contribution is -0.123. The van der Waals surface area contributed by atoms with Crippen molar-refractivity contribution in [3.05, 3.63) is 59.6 Å². The van der Waals surface area contributed by atoms with E-state index in [1.54, 1.807) is 12.4 Å². The van der Waals surface area contributed by atoms with Crippen molar-refractivity contribution in [1.82, 2.24) is 10.3 Å². The molecule has 1 aromatic carbocycles. The maximum atomic E-state index is 12.0. The summed E-state index contributed by atoms with van der Waals surface area (Å²) in [7, 11) is 0. The Kier molecular flexibility index (Phi) is 4.37. The van der Waals surface area contributed by atoms with Crippen LogP contribution in [0.1, 0.15) is 29.7 Å². The highest BCUT2D eigenvalue weighted by atomic mass is 16.5. The number of nitrogens with one attached hydrogen (secondary N) is 1. The van der Waals surface area contributed by atoms with Gasteiger partial charge in [-0.05, 0) is 49.1 Å². The van der Waals surface area contributed by atoms with Crippen LogP contribution < -0.4 is 10.1 Å². The Labute approximate surface area is 146 Å². The monoisotopic (exact) mass is 336 g/mol. The molecule has 5 heteroatoms. The minimum Gasteiger partial charge on any atom is -0.484 e. The number of hydrogen-bond acceptors (Lipinski definition) is 4. The third-order valence-electron chi connectivity index (χ3n) is 4.51. The van der Waals surface area contributed by atoms with Crippen LogP contribution in [0.2, 0.25) is 0 Å². The molecule has 1 amide bonds. The number of ether oxygens (including phenoxy) is 1. The van der Waals surface area contributed by atoms with Gasteiger partial charge in [0.25, 0.3) is 5.91 Å². The van der Waals surface area contributed by atoms with Crippen LogP contribution in [0.5, 0.6) is 5.75 Å². The number of benzene rings is 1. The minimum atomic E-state index is -0.154. The van der Waals surface area contributed by atoms with Crippen LogP contribution in [-0.4, -0.2) is 17.5 Å². The Bertz CT molecular complexity index is 887. The normalized spacial score (nSPS) is 13.4. The average molecular weight is 336 g/mol. The largest absolute Gasteiger partial charge is 0.484 e. The highest BCUT2D eigenvalue weighted by molar-refractivity contribution is 5.84. The van der Waals surface area contributed by atoms with Crippen LogP contribution >= 0.6 is 0 Å². The fourth-order valence-corrected chi connectivity index (χ4v) is 3.23. The van der Waals surface area contributed by atoms with E-state index in [1.807, 2.05) is 30.3 Å². The van der Waals surface area contributed by atoms with Gasteiger partial charge < -0.3 is 14.5 Å². The van der Waals surface area contributed by atoms with Crippen LogP contribution in [-0.2, 0) is 24.2 Å². The molecule has 0 saturated heterocycles. The molecule has 0 unspecified atom stereocenters. The number of nitrogens with zero attached hydrogens (tertiary/aromatic N) is 1. The van der Waals surface area contributed by atoms with E-state index in [-0.39, 0.29) is 12.5 Å². The highest BCUT2D eigenvalue weighted by Crippen LogP contribution is 2.33. The van der Waals surface area contributed by atoms with Crippen molar-refractivity contribution in [3.8, 4) is 5.75 Å². The number of aryl methyl sites for hydroxylation is 2. The second-order valence-electron chi connectivity index (χ2n) is 6.30. The van der Waals surface area contributed by atoms with Gasteiger partial charge in [-0.2, -0.15) is 0 Å². The van der Waals surface area contributed by atoms with Gasteiger partial charge in [0.15, 0.2) is 6.61 Å². The lowest BCUT2D eigenvalue weighted by atomic mass is 9.96. The summed E-state index contributed by atoms with van der Waals surface area (Å²) in [6, 6.07) is 9.53. The van der Waals surface area contributed by atoms with Gasteiger partial charge in [-0.25, -0.2) is 0 Å². The smallest absolute Gasteiger partial charge is 0.258 e. The number of furan rings is 1. The third kappa shape index (κ3) is 3.50. The number of pyridine rings is 1. The van der Waals surface area contributed by atoms with Crippen molar-refractivity contribution in [3.63, 3.8) is 0 Å². The van der Waals surface area contributed by atoms with Crippen molar-refractivity contribution >= 4 is 16.9 Å². The first-order valence-corrected chi connectivity index (χ1v) is 8.62. The molecule has 0 fully saturated rings. The molecule has 25 heavy (non-hydrogen) atoms. The fraction of sp³-hybridized carbons (Fsp3) is 0.300. The first-order valence-electron chi connectivity index (χ1n) is 8.62. The molecule has 0 saturated carbocycles. The van der Waals surface area contributed by atoms with E-state index in [0.29, 0.717) is 12.3 Å². The van der Waals surface area contributed by atoms with Gasteiger partial charge in [0, 0.05) is 36.3 Å². The molecule has 0 aliphatic heterocycles. The molecule has 1 N–H and O–H groups in total. The number of hydrogen-bond donors (Lipinski definition) is 1. The molecule has 128 valence electrons. The zero-order valence-electron chi connectivity index (χ0n) is 14.0. The van der Waals surface area contributed by atoms with Crippen molar-refractivity contribution in [2.45, 2.75) is 32.2 Å². The summed E-state index contributed by atoms with van der Waals surface area (Å²) in [4.78, 5) is 16.0. The molecular weight excluding hydrogens is 316 g/mol. The predicted octanol–water partition coefficient (Wildman–Crippen LogP) is 3.40. The van der Waals surface area contributed by atoms with Crippen LogP contribution in [0.3, 0.4) is 0 Å². The van der Waals surface area contributed by atoms with Crippen molar-refractivity contribution < 1.29 is 13.9 Å². The van der Waals surface area contributed by atoms with E-state index < -0.39 is 0 Å². The molecule has 4 rings (SSSR count). The van der Waals surface area contributed by atoms with Gasteiger partial charge >= 0.3 is 0 Å².